The van der Waals surface area contributed by atoms with Crippen LogP contribution in [0.1, 0.15) is 24.8 Å². The zero-order chi connectivity index (χ0) is 11.4. The lowest BCUT2D eigenvalue weighted by atomic mass is 9.99. The number of benzene rings is 1. The summed E-state index contributed by atoms with van der Waals surface area (Å²) < 4.78 is 0. The van der Waals surface area contributed by atoms with Gasteiger partial charge in [-0.25, -0.2) is 0 Å². The first-order valence-corrected chi connectivity index (χ1v) is 6.06. The summed E-state index contributed by atoms with van der Waals surface area (Å²) in [7, 11) is 0. The van der Waals surface area contributed by atoms with Crippen molar-refractivity contribution in [2.24, 2.45) is 0 Å². The van der Waals surface area contributed by atoms with Crippen LogP contribution in [0.3, 0.4) is 0 Å². The number of aliphatic hydroxyl groups is 1. The molecular weight excluding hydrogens is 200 g/mol. The summed E-state index contributed by atoms with van der Waals surface area (Å²) in [6.45, 7) is 2.43. The van der Waals surface area contributed by atoms with Crippen molar-refractivity contribution >= 4 is 11.4 Å². The smallest absolute Gasteiger partial charge is 0.0431 e. The lowest BCUT2D eigenvalue weighted by Crippen LogP contribution is -2.30. The second-order valence-electron chi connectivity index (χ2n) is 4.37. The summed E-state index contributed by atoms with van der Waals surface area (Å²) in [5.41, 5.74) is 9.51. The lowest BCUT2D eigenvalue weighted by Gasteiger charge is -2.32. The average molecular weight is 220 g/mol. The topological polar surface area (TPSA) is 49.5 Å². The van der Waals surface area contributed by atoms with Crippen LogP contribution in [-0.2, 0) is 6.42 Å². The first-order valence-electron chi connectivity index (χ1n) is 6.06. The minimum Gasteiger partial charge on any atom is -0.398 e. The molecule has 1 aromatic carbocycles. The lowest BCUT2D eigenvalue weighted by molar-refractivity contribution is 0.285. The van der Waals surface area contributed by atoms with Crippen LogP contribution in [0.25, 0.3) is 0 Å². The van der Waals surface area contributed by atoms with Gasteiger partial charge in [-0.1, -0.05) is 6.07 Å². The predicted molar refractivity (Wildman–Crippen MR) is 67.7 cm³/mol. The molecule has 1 aliphatic heterocycles. The molecule has 3 heteroatoms. The van der Waals surface area contributed by atoms with Crippen molar-refractivity contribution in [1.82, 2.24) is 0 Å². The normalized spacial score (nSPS) is 14.9. The third-order valence-corrected chi connectivity index (χ3v) is 3.22. The van der Waals surface area contributed by atoms with Gasteiger partial charge >= 0.3 is 0 Å². The molecule has 16 heavy (non-hydrogen) atoms. The molecule has 3 nitrogen and oxygen atoms in total. The predicted octanol–water partition coefficient (Wildman–Crippen LogP) is 1.79. The van der Waals surface area contributed by atoms with Crippen LogP contribution in [0.15, 0.2) is 18.2 Å². The Hall–Kier alpha value is -1.22. The van der Waals surface area contributed by atoms with Crippen molar-refractivity contribution in [1.29, 1.82) is 0 Å². The quantitative estimate of drug-likeness (QED) is 0.601. The minimum absolute atomic E-state index is 0.289. The molecule has 0 radical (unpaired) electrons. The molecule has 0 saturated heterocycles. The minimum atomic E-state index is 0.289. The van der Waals surface area contributed by atoms with E-state index in [9.17, 15) is 0 Å². The van der Waals surface area contributed by atoms with Crippen LogP contribution in [0.5, 0.6) is 0 Å². The molecule has 0 fully saturated rings. The van der Waals surface area contributed by atoms with Crippen LogP contribution in [0.2, 0.25) is 0 Å². The van der Waals surface area contributed by atoms with Crippen LogP contribution in [-0.4, -0.2) is 24.8 Å². The molecule has 1 aliphatic rings. The van der Waals surface area contributed by atoms with E-state index >= 15 is 0 Å². The number of nitrogens with two attached hydrogens (primary N) is 1. The van der Waals surface area contributed by atoms with Crippen molar-refractivity contribution in [3.05, 3.63) is 23.8 Å². The highest BCUT2D eigenvalue weighted by Gasteiger charge is 2.17. The highest BCUT2D eigenvalue weighted by Crippen LogP contribution is 2.31. The first kappa shape index (κ1) is 11.3. The fraction of sp³-hybridized carbons (Fsp3) is 0.538. The van der Waals surface area contributed by atoms with E-state index in [-0.39, 0.29) is 6.61 Å². The van der Waals surface area contributed by atoms with Crippen LogP contribution in [0.4, 0.5) is 11.4 Å². The Kier molecular flexibility index (Phi) is 3.67. The van der Waals surface area contributed by atoms with Crippen LogP contribution in [0, 0.1) is 0 Å². The summed E-state index contributed by atoms with van der Waals surface area (Å²) in [4.78, 5) is 2.39. The van der Waals surface area contributed by atoms with Gasteiger partial charge in [-0.3, -0.25) is 0 Å². The molecule has 3 N–H and O–H groups in total. The van der Waals surface area contributed by atoms with E-state index in [1.54, 1.807) is 0 Å². The molecule has 1 heterocycles. The molecule has 1 aromatic rings. The Morgan fingerprint density at radius 3 is 3.00 bits per heavy atom. The summed E-state index contributed by atoms with van der Waals surface area (Å²) in [5.74, 6) is 0. The number of rotatable bonds is 4. The maximum atomic E-state index is 8.80. The molecule has 88 valence electrons. The third kappa shape index (κ3) is 2.30. The Morgan fingerprint density at radius 2 is 2.19 bits per heavy atom. The van der Waals surface area contributed by atoms with E-state index in [0.717, 1.165) is 38.0 Å². The zero-order valence-electron chi connectivity index (χ0n) is 9.65. The first-order chi connectivity index (χ1) is 7.83. The number of fused-ring (bicyclic) bond motifs is 1. The molecule has 0 spiro atoms. The summed E-state index contributed by atoms with van der Waals surface area (Å²) in [6.07, 6.45) is 4.21. The van der Waals surface area contributed by atoms with Crippen molar-refractivity contribution in [2.75, 3.05) is 30.3 Å². The second-order valence-corrected chi connectivity index (χ2v) is 4.37. The van der Waals surface area contributed by atoms with Gasteiger partial charge in [0.2, 0.25) is 0 Å². The van der Waals surface area contributed by atoms with Gasteiger partial charge in [0.1, 0.15) is 0 Å². The van der Waals surface area contributed by atoms with E-state index in [2.05, 4.69) is 11.0 Å². The summed E-state index contributed by atoms with van der Waals surface area (Å²) >= 11 is 0. The molecular formula is C13H20N2O. The zero-order valence-corrected chi connectivity index (χ0v) is 9.65. The maximum Gasteiger partial charge on any atom is 0.0431 e. The molecule has 0 saturated carbocycles. The number of anilines is 2. The SMILES string of the molecule is Nc1cccc2c1CCCN2CCCCO. The number of hydrogen-bond donors (Lipinski definition) is 2. The Balaban J connectivity index is 2.10. The van der Waals surface area contributed by atoms with E-state index in [4.69, 9.17) is 10.8 Å². The van der Waals surface area contributed by atoms with E-state index in [0.29, 0.717) is 0 Å². The number of nitrogens with zero attached hydrogens (tertiary/aromatic N) is 1. The number of hydrogen-bond acceptors (Lipinski definition) is 3. The van der Waals surface area contributed by atoms with Gasteiger partial charge in [-0.15, -0.1) is 0 Å². The summed E-state index contributed by atoms with van der Waals surface area (Å²) in [5, 5.41) is 8.80. The number of unbranched alkanes of at least 4 members (excludes halogenated alkanes) is 1. The van der Waals surface area contributed by atoms with Crippen molar-refractivity contribution < 1.29 is 5.11 Å². The van der Waals surface area contributed by atoms with Gasteiger partial charge in [0.25, 0.3) is 0 Å². The fourth-order valence-electron chi connectivity index (χ4n) is 2.37. The Labute approximate surface area is 96.9 Å². The van der Waals surface area contributed by atoms with Crippen molar-refractivity contribution in [2.45, 2.75) is 25.7 Å². The van der Waals surface area contributed by atoms with Gasteiger partial charge < -0.3 is 15.7 Å². The molecule has 0 bridgehead atoms. The standard InChI is InChI=1S/C13H20N2O/c14-12-6-3-7-13-11(12)5-4-9-15(13)8-1-2-10-16/h3,6-7,16H,1-2,4-5,8-10,14H2. The molecule has 2 rings (SSSR count). The number of nitrogen functional groups attached to an aromatic ring is 1. The fourth-order valence-corrected chi connectivity index (χ4v) is 2.37. The van der Waals surface area contributed by atoms with Gasteiger partial charge in [0, 0.05) is 31.1 Å². The third-order valence-electron chi connectivity index (χ3n) is 3.22. The maximum absolute atomic E-state index is 8.80. The molecule has 0 amide bonds. The Bertz CT molecular complexity index is 352. The van der Waals surface area contributed by atoms with Crippen LogP contribution >= 0.6 is 0 Å². The van der Waals surface area contributed by atoms with Gasteiger partial charge in [-0.2, -0.15) is 0 Å². The largest absolute Gasteiger partial charge is 0.398 e. The second kappa shape index (κ2) is 5.21. The average Bonchev–Trinajstić information content (AvgIpc) is 2.31. The van der Waals surface area contributed by atoms with Gasteiger partial charge in [0.15, 0.2) is 0 Å². The summed E-state index contributed by atoms with van der Waals surface area (Å²) in [6, 6.07) is 6.17. The molecule has 0 aliphatic carbocycles. The number of aliphatic hydroxyl groups excluding tert-OH is 1. The van der Waals surface area contributed by atoms with Crippen molar-refractivity contribution in [3.8, 4) is 0 Å². The van der Waals surface area contributed by atoms with E-state index in [1.165, 1.54) is 17.7 Å². The monoisotopic (exact) mass is 220 g/mol. The van der Waals surface area contributed by atoms with Crippen LogP contribution < -0.4 is 10.6 Å². The van der Waals surface area contributed by atoms with Gasteiger partial charge in [0.05, 0.1) is 0 Å². The highest BCUT2D eigenvalue weighted by molar-refractivity contribution is 5.66. The molecule has 0 atom stereocenters. The Morgan fingerprint density at radius 1 is 1.31 bits per heavy atom. The molecule has 0 unspecified atom stereocenters. The highest BCUT2D eigenvalue weighted by atomic mass is 16.2. The molecule has 0 aromatic heterocycles. The van der Waals surface area contributed by atoms with Crippen molar-refractivity contribution in [3.63, 3.8) is 0 Å². The van der Waals surface area contributed by atoms with E-state index in [1.807, 2.05) is 12.1 Å². The van der Waals surface area contributed by atoms with E-state index < -0.39 is 0 Å². The van der Waals surface area contributed by atoms with Gasteiger partial charge in [-0.05, 0) is 43.4 Å².